The van der Waals surface area contributed by atoms with Crippen LogP contribution in [0.2, 0.25) is 0 Å². The first kappa shape index (κ1) is 18.9. The SMILES string of the molecule is CCc1cn2c(n1)c(N1CCNCC1)nc1cc(C(F)(F)C(F)(F)F)ccc12. The number of nitrogens with zero attached hydrogens (tertiary/aromatic N) is 4. The van der Waals surface area contributed by atoms with Gasteiger partial charge in [0.2, 0.25) is 0 Å². The standard InChI is InChI=1S/C18H18F5N5/c1-2-12-10-28-14-4-3-11(17(19,20)18(21,22)23)9-13(14)26-15(16(28)25-12)27-7-5-24-6-8-27/h3-4,9-10,24H,2,5-8H2,1H3. The maximum Gasteiger partial charge on any atom is 0.458 e. The van der Waals surface area contributed by atoms with E-state index in [0.29, 0.717) is 36.5 Å². The molecular formula is C18H18F5N5. The number of anilines is 1. The van der Waals surface area contributed by atoms with Crippen molar-refractivity contribution in [2.24, 2.45) is 0 Å². The molecule has 1 aromatic carbocycles. The van der Waals surface area contributed by atoms with E-state index in [-0.39, 0.29) is 5.52 Å². The summed E-state index contributed by atoms with van der Waals surface area (Å²) < 4.78 is 67.7. The lowest BCUT2D eigenvalue weighted by atomic mass is 10.1. The van der Waals surface area contributed by atoms with E-state index in [2.05, 4.69) is 15.3 Å². The Morgan fingerprint density at radius 2 is 1.79 bits per heavy atom. The Bertz CT molecular complexity index is 1020. The Morgan fingerprint density at radius 1 is 1.07 bits per heavy atom. The summed E-state index contributed by atoms with van der Waals surface area (Å²) in [5.74, 6) is -4.46. The molecule has 1 aliphatic rings. The summed E-state index contributed by atoms with van der Waals surface area (Å²) in [6.07, 6.45) is -3.24. The van der Waals surface area contributed by atoms with Crippen LogP contribution in [0.15, 0.2) is 24.4 Å². The van der Waals surface area contributed by atoms with Crippen LogP contribution in [0, 0.1) is 0 Å². The van der Waals surface area contributed by atoms with Gasteiger partial charge in [-0.3, -0.25) is 4.40 Å². The lowest BCUT2D eigenvalue weighted by Gasteiger charge is -2.29. The van der Waals surface area contributed by atoms with E-state index >= 15 is 0 Å². The fourth-order valence-corrected chi connectivity index (χ4v) is 3.37. The number of benzene rings is 1. The van der Waals surface area contributed by atoms with Gasteiger partial charge in [0.25, 0.3) is 0 Å². The van der Waals surface area contributed by atoms with Crippen LogP contribution >= 0.6 is 0 Å². The Morgan fingerprint density at radius 3 is 2.43 bits per heavy atom. The van der Waals surface area contributed by atoms with Crippen LogP contribution < -0.4 is 10.2 Å². The topological polar surface area (TPSA) is 45.5 Å². The summed E-state index contributed by atoms with van der Waals surface area (Å²) in [6, 6.07) is 2.86. The molecule has 0 aliphatic carbocycles. The molecule has 0 unspecified atom stereocenters. The van der Waals surface area contributed by atoms with Crippen LogP contribution in [-0.2, 0) is 12.3 Å². The van der Waals surface area contributed by atoms with Crippen LogP contribution in [0.25, 0.3) is 16.7 Å². The molecule has 1 saturated heterocycles. The number of alkyl halides is 5. The van der Waals surface area contributed by atoms with Gasteiger partial charge in [0.05, 0.1) is 16.7 Å². The molecule has 2 aromatic heterocycles. The predicted octanol–water partition coefficient (Wildman–Crippen LogP) is 3.51. The number of aromatic nitrogens is 3. The minimum absolute atomic E-state index is 0.0718. The number of halogens is 5. The van der Waals surface area contributed by atoms with Crippen molar-refractivity contribution in [1.82, 2.24) is 19.7 Å². The van der Waals surface area contributed by atoms with Gasteiger partial charge in [0.1, 0.15) is 0 Å². The smallest absolute Gasteiger partial charge is 0.351 e. The van der Waals surface area contributed by atoms with Gasteiger partial charge in [0, 0.05) is 37.9 Å². The van der Waals surface area contributed by atoms with Crippen LogP contribution in [-0.4, -0.2) is 46.7 Å². The maximum atomic E-state index is 13.8. The molecule has 28 heavy (non-hydrogen) atoms. The highest BCUT2D eigenvalue weighted by molar-refractivity contribution is 5.84. The molecule has 1 aliphatic heterocycles. The molecule has 1 fully saturated rings. The normalized spacial score (nSPS) is 16.3. The summed E-state index contributed by atoms with van der Waals surface area (Å²) >= 11 is 0. The van der Waals surface area contributed by atoms with Gasteiger partial charge in [-0.25, -0.2) is 9.97 Å². The molecule has 0 bridgehead atoms. The molecule has 3 heterocycles. The maximum absolute atomic E-state index is 13.8. The average molecular weight is 399 g/mol. The summed E-state index contributed by atoms with van der Waals surface area (Å²) in [5.41, 5.74) is 0.740. The molecule has 0 radical (unpaired) electrons. The Hall–Kier alpha value is -2.49. The number of hydrogen-bond acceptors (Lipinski definition) is 4. The van der Waals surface area contributed by atoms with Crippen LogP contribution in [0.1, 0.15) is 18.2 Å². The third-order valence-corrected chi connectivity index (χ3v) is 4.91. The Labute approximate surface area is 157 Å². The minimum Gasteiger partial charge on any atom is -0.351 e. The largest absolute Gasteiger partial charge is 0.458 e. The van der Waals surface area contributed by atoms with E-state index < -0.39 is 17.7 Å². The second-order valence-corrected chi connectivity index (χ2v) is 6.73. The van der Waals surface area contributed by atoms with Gasteiger partial charge in [0.15, 0.2) is 11.5 Å². The number of hydrogen-bond donors (Lipinski definition) is 1. The van der Waals surface area contributed by atoms with E-state index in [0.717, 1.165) is 30.9 Å². The van der Waals surface area contributed by atoms with E-state index in [1.165, 1.54) is 6.07 Å². The number of imidazole rings is 1. The minimum atomic E-state index is -5.67. The predicted molar refractivity (Wildman–Crippen MR) is 94.9 cm³/mol. The van der Waals surface area contributed by atoms with Crippen molar-refractivity contribution in [1.29, 1.82) is 0 Å². The van der Waals surface area contributed by atoms with Crippen LogP contribution in [0.3, 0.4) is 0 Å². The molecule has 150 valence electrons. The second-order valence-electron chi connectivity index (χ2n) is 6.73. The lowest BCUT2D eigenvalue weighted by Crippen LogP contribution is -2.44. The van der Waals surface area contributed by atoms with Crippen molar-refractivity contribution < 1.29 is 22.0 Å². The van der Waals surface area contributed by atoms with Gasteiger partial charge in [-0.2, -0.15) is 22.0 Å². The van der Waals surface area contributed by atoms with E-state index in [4.69, 9.17) is 0 Å². The van der Waals surface area contributed by atoms with Crippen molar-refractivity contribution in [3.05, 3.63) is 35.7 Å². The fraction of sp³-hybridized carbons (Fsp3) is 0.444. The van der Waals surface area contributed by atoms with Gasteiger partial charge >= 0.3 is 12.1 Å². The molecule has 0 spiro atoms. The van der Waals surface area contributed by atoms with Gasteiger partial charge in [-0.05, 0) is 18.6 Å². The molecule has 0 saturated carbocycles. The fourth-order valence-electron chi connectivity index (χ4n) is 3.37. The molecule has 3 aromatic rings. The number of nitrogens with one attached hydrogen (secondary N) is 1. The van der Waals surface area contributed by atoms with Crippen LogP contribution in [0.5, 0.6) is 0 Å². The van der Waals surface area contributed by atoms with Gasteiger partial charge < -0.3 is 10.2 Å². The Balaban J connectivity index is 1.95. The van der Waals surface area contributed by atoms with Crippen molar-refractivity contribution in [3.8, 4) is 0 Å². The zero-order valence-electron chi connectivity index (χ0n) is 15.0. The number of aryl methyl sites for hydroxylation is 1. The molecule has 5 nitrogen and oxygen atoms in total. The summed E-state index contributed by atoms with van der Waals surface area (Å²) in [4.78, 5) is 11.0. The van der Waals surface area contributed by atoms with Crippen molar-refractivity contribution >= 4 is 22.5 Å². The average Bonchev–Trinajstić information content (AvgIpc) is 3.11. The molecule has 1 N–H and O–H groups in total. The van der Waals surface area contributed by atoms with Crippen molar-refractivity contribution in [3.63, 3.8) is 0 Å². The zero-order chi connectivity index (χ0) is 20.1. The van der Waals surface area contributed by atoms with E-state index in [1.54, 1.807) is 10.6 Å². The highest BCUT2D eigenvalue weighted by Crippen LogP contribution is 2.44. The van der Waals surface area contributed by atoms with Crippen molar-refractivity contribution in [2.45, 2.75) is 25.4 Å². The number of fused-ring (bicyclic) bond motifs is 3. The van der Waals surface area contributed by atoms with Crippen LogP contribution in [0.4, 0.5) is 27.8 Å². The third-order valence-electron chi connectivity index (χ3n) is 4.91. The highest BCUT2D eigenvalue weighted by atomic mass is 19.4. The molecule has 4 rings (SSSR count). The molecule has 10 heteroatoms. The first-order valence-electron chi connectivity index (χ1n) is 8.95. The lowest BCUT2D eigenvalue weighted by molar-refractivity contribution is -0.289. The molecular weight excluding hydrogens is 381 g/mol. The van der Waals surface area contributed by atoms with E-state index in [9.17, 15) is 22.0 Å². The first-order valence-corrected chi connectivity index (χ1v) is 8.95. The number of rotatable bonds is 3. The molecule has 0 atom stereocenters. The monoisotopic (exact) mass is 399 g/mol. The summed E-state index contributed by atoms with van der Waals surface area (Å²) in [6.45, 7) is 4.66. The molecule has 0 amide bonds. The first-order chi connectivity index (χ1) is 13.2. The quantitative estimate of drug-likeness (QED) is 0.685. The van der Waals surface area contributed by atoms with Gasteiger partial charge in [-0.15, -0.1) is 0 Å². The highest BCUT2D eigenvalue weighted by Gasteiger charge is 2.58. The van der Waals surface area contributed by atoms with E-state index in [1.807, 2.05) is 11.8 Å². The summed E-state index contributed by atoms with van der Waals surface area (Å²) in [5, 5.41) is 3.21. The van der Waals surface area contributed by atoms with Crippen molar-refractivity contribution in [2.75, 3.05) is 31.1 Å². The van der Waals surface area contributed by atoms with Gasteiger partial charge in [-0.1, -0.05) is 13.0 Å². The zero-order valence-corrected chi connectivity index (χ0v) is 15.0. The second kappa shape index (κ2) is 6.54. The summed E-state index contributed by atoms with van der Waals surface area (Å²) in [7, 11) is 0. The third kappa shape index (κ3) is 2.95. The number of piperazine rings is 1. The Kier molecular flexibility index (Phi) is 4.40.